The van der Waals surface area contributed by atoms with Crippen LogP contribution >= 0.6 is 0 Å². The number of rotatable bonds is 55. The first-order valence-corrected chi connectivity index (χ1v) is 48.7. The lowest BCUT2D eigenvalue weighted by molar-refractivity contribution is -0.137. The summed E-state index contributed by atoms with van der Waals surface area (Å²) in [7, 11) is 0. The minimum Gasteiger partial charge on any atom is -0.370 e. The Morgan fingerprint density at radius 2 is 0.691 bits per heavy atom. The van der Waals surface area contributed by atoms with Gasteiger partial charge in [0, 0.05) is 38.4 Å². The Balaban J connectivity index is 1.97. The van der Waals surface area contributed by atoms with Gasteiger partial charge in [0.25, 0.3) is 0 Å². The fourth-order valence-electron chi connectivity index (χ4n) is 15.5. The predicted octanol–water partition coefficient (Wildman–Crippen LogP) is -1.69. The number of nitrogens with two attached hydrogens (primary N) is 9. The number of nitrogens with one attached hydrogen (secondary N) is 14. The maximum atomic E-state index is 15.6. The highest BCUT2D eigenvalue weighted by atomic mass is 16.2. The van der Waals surface area contributed by atoms with Crippen molar-refractivity contribution in [1.82, 2.24) is 89.4 Å². The van der Waals surface area contributed by atoms with Crippen molar-refractivity contribution in [3.05, 3.63) is 83.7 Å². The Kier molecular flexibility index (Phi) is 55.8. The van der Waals surface area contributed by atoms with Gasteiger partial charge in [0.15, 0.2) is 0 Å². The molecule has 2 heterocycles. The van der Waals surface area contributed by atoms with Crippen molar-refractivity contribution in [2.75, 3.05) is 39.3 Å². The molecule has 3 aromatic rings. The molecule has 16 atom stereocenters. The molecule has 1 aliphatic heterocycles. The van der Waals surface area contributed by atoms with Crippen molar-refractivity contribution in [3.63, 3.8) is 0 Å². The second-order valence-corrected chi connectivity index (χ2v) is 36.8. The van der Waals surface area contributed by atoms with Crippen LogP contribution in [0.25, 0.3) is 0 Å². The van der Waals surface area contributed by atoms with Crippen molar-refractivity contribution in [3.8, 4) is 0 Å². The van der Waals surface area contributed by atoms with Crippen molar-refractivity contribution in [2.24, 2.45) is 75.3 Å². The van der Waals surface area contributed by atoms with E-state index < -0.39 is 204 Å². The molecule has 762 valence electrons. The van der Waals surface area contributed by atoms with Gasteiger partial charge in [-0.15, -0.1) is 5.10 Å². The predicted molar refractivity (Wildman–Crippen MR) is 516 cm³/mol. The Hall–Kier alpha value is -11.2. The van der Waals surface area contributed by atoms with Crippen LogP contribution < -0.4 is 126 Å². The van der Waals surface area contributed by atoms with Crippen LogP contribution in [0, 0.1) is 23.7 Å². The number of benzene rings is 2. The van der Waals surface area contributed by atoms with E-state index in [1.165, 1.54) is 10.9 Å². The molecule has 1 fully saturated rings. The Bertz CT molecular complexity index is 4200. The molecule has 1 aromatic heterocycles. The number of hydrogen-bond donors (Lipinski definition) is 23. The summed E-state index contributed by atoms with van der Waals surface area (Å²) in [6.45, 7) is 15.8. The third-order valence-corrected chi connectivity index (χ3v) is 23.6. The van der Waals surface area contributed by atoms with Gasteiger partial charge >= 0.3 is 0 Å². The number of aryl methyl sites for hydroxylation is 1. The number of unbranched alkanes of at least 4 members (excludes halogenated alkanes) is 7. The third kappa shape index (κ3) is 44.7. The van der Waals surface area contributed by atoms with E-state index in [1.807, 2.05) is 34.6 Å². The minimum absolute atomic E-state index is 0.00853. The molecule has 42 nitrogen and oxygen atoms in total. The smallest absolute Gasteiger partial charge is 0.243 e. The first-order chi connectivity index (χ1) is 64.9. The van der Waals surface area contributed by atoms with Crippen molar-refractivity contribution in [2.45, 2.75) is 345 Å². The Morgan fingerprint density at radius 3 is 1.07 bits per heavy atom. The van der Waals surface area contributed by atoms with Crippen molar-refractivity contribution >= 4 is 94.5 Å². The van der Waals surface area contributed by atoms with Crippen LogP contribution in [0.5, 0.6) is 0 Å². The van der Waals surface area contributed by atoms with Gasteiger partial charge in [-0.1, -0.05) is 128 Å². The fourth-order valence-corrected chi connectivity index (χ4v) is 15.5. The maximum Gasteiger partial charge on any atom is 0.243 e. The van der Waals surface area contributed by atoms with E-state index in [-0.39, 0.29) is 191 Å². The molecule has 0 radical (unpaired) electrons. The second kappa shape index (κ2) is 64.8. The topological polar surface area (TPSA) is 706 Å². The molecule has 0 aliphatic carbocycles. The average molecular weight is 1910 g/mol. The number of primary amides is 2. The molecule has 32 N–H and O–H groups in total. The molecule has 4 rings (SSSR count). The molecule has 0 spiro atoms. The largest absolute Gasteiger partial charge is 0.370 e. The van der Waals surface area contributed by atoms with E-state index in [0.717, 1.165) is 0 Å². The molecule has 1 saturated heterocycles. The number of amides is 16. The number of carbonyl (C=O) groups is 16. The summed E-state index contributed by atoms with van der Waals surface area (Å²) in [5.74, 6) is -14.1. The SMILES string of the molecule is CC[C@H](C)[C@H](N)C(=O)N[C@@H](CC(C)C)C(=O)N[C@@H](CCCCn1cc(C[C@@H]2NC(=O)[C@H](CCCCN)NC(=O)[C@H](CCCCN)NC(=O)[C@H](CCC(N)=O)NC(=O)[C@H](CC(C)C)NC(=O)[C@H](CCCCN)NC(=O)[C@H](CCCCN)NC(=O)[C@H](Cc3ccccc3)NC(=O)[C@H](CCCCN)NC(=O)[C@H](CCCCN)NC2=O)nn1)C(=O)N[C@@H](Cc1ccccc1)C(=O)N[C@@H](CC(C)C)C(N)=O. The Morgan fingerprint density at radius 1 is 0.368 bits per heavy atom. The average Bonchev–Trinajstić information content (AvgIpc) is 1.71. The molecule has 1 aliphatic rings. The van der Waals surface area contributed by atoms with E-state index in [2.05, 4.69) is 84.7 Å². The summed E-state index contributed by atoms with van der Waals surface area (Å²) < 4.78 is 1.42. The second-order valence-electron chi connectivity index (χ2n) is 36.8. The van der Waals surface area contributed by atoms with Gasteiger partial charge in [-0.05, 0) is 235 Å². The van der Waals surface area contributed by atoms with Gasteiger partial charge in [-0.2, -0.15) is 0 Å². The van der Waals surface area contributed by atoms with Crippen LogP contribution in [-0.4, -0.2) is 239 Å². The number of hydrogen-bond acceptors (Lipinski definition) is 25. The van der Waals surface area contributed by atoms with Crippen LogP contribution in [-0.2, 0) is 103 Å². The van der Waals surface area contributed by atoms with Gasteiger partial charge in [-0.3, -0.25) is 81.4 Å². The highest BCUT2D eigenvalue weighted by molar-refractivity contribution is 6.01. The van der Waals surface area contributed by atoms with Gasteiger partial charge < -0.3 is 126 Å². The zero-order valence-electron chi connectivity index (χ0n) is 81.1. The van der Waals surface area contributed by atoms with Crippen LogP contribution in [0.4, 0.5) is 0 Å². The molecule has 2 aromatic carbocycles. The van der Waals surface area contributed by atoms with Gasteiger partial charge in [0.2, 0.25) is 94.5 Å². The highest BCUT2D eigenvalue weighted by Gasteiger charge is 2.40. The number of aromatic nitrogens is 3. The maximum absolute atomic E-state index is 15.6. The summed E-state index contributed by atoms with van der Waals surface area (Å²) in [6, 6.07) is -3.30. The fraction of sp³-hybridized carbons (Fsp3) is 0.681. The van der Waals surface area contributed by atoms with Crippen LogP contribution in [0.15, 0.2) is 66.9 Å². The van der Waals surface area contributed by atoms with E-state index in [4.69, 9.17) is 51.6 Å². The zero-order chi connectivity index (χ0) is 101. The summed E-state index contributed by atoms with van der Waals surface area (Å²) >= 11 is 0. The quantitative estimate of drug-likeness (QED) is 0.0281. The standard InChI is InChI=1S/C94H160N26O16/c1-9-60(8)79(102)94(136)117-74(52-59(6)7)90(132)108-70(86(128)115-76(54-62-32-14-11-15-33-62)92(134)112-72(80(103)122)50-57(2)3)40-22-29-49-120-56-63(118-119-120)55-77-93(135)110-66(36-18-25-45-97)83(125)105-68(38-20-27-47-99)85(127)114-75(53-61-30-12-10-13-31-61)91(133)109-65(35-17-24-44-96)82(124)104-67(37-19-26-46-98)84(126)113-73(51-58(4)5)89(131)111-71(41-42-78(101)121)88(130)107-64(34-16-23-43-95)81(123)106-69(87(129)116-77)39-21-28-48-100/h10-15,30-33,56-60,64-77,79H,9,16-29,34-55,95-100,102H2,1-8H3,(H2,101,121)(H2,103,122)(H,104,124)(H,105,125)(H,106,123)(H,107,130)(H,108,132)(H,109,133)(H,110,135)(H,111,131)(H,112,134)(H,113,126)(H,114,127)(H,115,128)(H,116,129)(H,117,136)/t60-,64-,65-,66-,67-,68-,69-,70-,71-,72-,73-,74-,75-,76-,77-,79-/m0/s1. The minimum atomic E-state index is -1.69. The summed E-state index contributed by atoms with van der Waals surface area (Å²) in [5.41, 5.74) is 55.0. The summed E-state index contributed by atoms with van der Waals surface area (Å²) in [6.07, 6.45) is 4.48. The van der Waals surface area contributed by atoms with Crippen LogP contribution in [0.2, 0.25) is 0 Å². The molecule has 0 saturated carbocycles. The zero-order valence-corrected chi connectivity index (χ0v) is 81.1. The molecular weight excluding hydrogens is 1750 g/mol. The molecular formula is C94H160N26O16. The summed E-state index contributed by atoms with van der Waals surface area (Å²) in [4.78, 5) is 234. The first kappa shape index (κ1) is 117. The lowest BCUT2D eigenvalue weighted by atomic mass is 9.97. The van der Waals surface area contributed by atoms with E-state index in [1.54, 1.807) is 81.4 Å². The van der Waals surface area contributed by atoms with Crippen molar-refractivity contribution < 1.29 is 76.7 Å². The molecule has 0 bridgehead atoms. The monoisotopic (exact) mass is 1910 g/mol. The van der Waals surface area contributed by atoms with E-state index >= 15 is 28.8 Å². The van der Waals surface area contributed by atoms with E-state index in [0.29, 0.717) is 68.9 Å². The molecule has 0 unspecified atom stereocenters. The molecule has 16 amide bonds. The molecule has 136 heavy (non-hydrogen) atoms. The van der Waals surface area contributed by atoms with Gasteiger partial charge in [0.05, 0.1) is 11.7 Å². The third-order valence-electron chi connectivity index (χ3n) is 23.6. The highest BCUT2D eigenvalue weighted by Crippen LogP contribution is 2.20. The van der Waals surface area contributed by atoms with E-state index in [9.17, 15) is 47.9 Å². The lowest BCUT2D eigenvalue weighted by Gasteiger charge is -2.29. The van der Waals surface area contributed by atoms with Gasteiger partial charge in [-0.25, -0.2) is 0 Å². The summed E-state index contributed by atoms with van der Waals surface area (Å²) in [5, 5.41) is 47.8. The van der Waals surface area contributed by atoms with Crippen LogP contribution in [0.1, 0.15) is 246 Å². The molecule has 42 heteroatoms. The van der Waals surface area contributed by atoms with Gasteiger partial charge in [0.1, 0.15) is 84.6 Å². The number of carbonyl (C=O) groups excluding carboxylic acids is 16. The van der Waals surface area contributed by atoms with Crippen molar-refractivity contribution in [1.29, 1.82) is 0 Å². The number of nitrogens with zero attached hydrogens (tertiary/aromatic N) is 3. The lowest BCUT2D eigenvalue weighted by Crippen LogP contribution is -2.61. The van der Waals surface area contributed by atoms with Crippen LogP contribution in [0.3, 0.4) is 0 Å². The first-order valence-electron chi connectivity index (χ1n) is 48.7. The normalized spacial score (nSPS) is 20.9. The Labute approximate surface area is 800 Å².